The fourth-order valence-electron chi connectivity index (χ4n) is 1.51. The maximum absolute atomic E-state index is 5.66. The third kappa shape index (κ3) is 10.2. The van der Waals surface area contributed by atoms with Crippen molar-refractivity contribution in [1.82, 2.24) is 0 Å². The SMILES string of the molecule is CC(C)CC(COC(C)C)COC(C)C. The Bertz CT molecular complexity index is 129. The molecule has 0 atom stereocenters. The molecule has 0 heterocycles. The summed E-state index contributed by atoms with van der Waals surface area (Å²) in [7, 11) is 0. The summed E-state index contributed by atoms with van der Waals surface area (Å²) in [5, 5.41) is 0. The highest BCUT2D eigenvalue weighted by atomic mass is 16.5. The number of rotatable bonds is 8. The first-order chi connectivity index (χ1) is 6.91. The average Bonchev–Trinajstić information content (AvgIpc) is 2.08. The number of hydrogen-bond acceptors (Lipinski definition) is 2. The van der Waals surface area contributed by atoms with E-state index < -0.39 is 0 Å². The van der Waals surface area contributed by atoms with Crippen LogP contribution < -0.4 is 0 Å². The molecule has 0 rings (SSSR count). The largest absolute Gasteiger partial charge is 0.378 e. The van der Waals surface area contributed by atoms with E-state index in [0.29, 0.717) is 24.0 Å². The monoisotopic (exact) mass is 216 g/mol. The van der Waals surface area contributed by atoms with Crippen molar-refractivity contribution in [2.24, 2.45) is 11.8 Å². The van der Waals surface area contributed by atoms with Gasteiger partial charge in [0.05, 0.1) is 25.4 Å². The van der Waals surface area contributed by atoms with Crippen LogP contribution in [0.4, 0.5) is 0 Å². The summed E-state index contributed by atoms with van der Waals surface area (Å²) in [4.78, 5) is 0. The van der Waals surface area contributed by atoms with Crippen molar-refractivity contribution in [3.05, 3.63) is 0 Å². The van der Waals surface area contributed by atoms with Crippen LogP contribution in [0.2, 0.25) is 0 Å². The molecular formula is C13H28O2. The van der Waals surface area contributed by atoms with Crippen molar-refractivity contribution in [3.8, 4) is 0 Å². The Kier molecular flexibility index (Phi) is 8.07. The Labute approximate surface area is 95.3 Å². The van der Waals surface area contributed by atoms with E-state index in [0.717, 1.165) is 13.2 Å². The lowest BCUT2D eigenvalue weighted by Gasteiger charge is -2.21. The van der Waals surface area contributed by atoms with Crippen molar-refractivity contribution in [3.63, 3.8) is 0 Å². The molecule has 0 N–H and O–H groups in total. The van der Waals surface area contributed by atoms with Gasteiger partial charge in [0.2, 0.25) is 0 Å². The van der Waals surface area contributed by atoms with Gasteiger partial charge in [0.1, 0.15) is 0 Å². The highest BCUT2D eigenvalue weighted by Crippen LogP contribution is 2.14. The second kappa shape index (κ2) is 8.12. The van der Waals surface area contributed by atoms with Crippen LogP contribution in [0, 0.1) is 11.8 Å². The quantitative estimate of drug-likeness (QED) is 0.618. The predicted octanol–water partition coefficient (Wildman–Crippen LogP) is 3.50. The minimum absolute atomic E-state index is 0.318. The maximum atomic E-state index is 5.66. The maximum Gasteiger partial charge on any atom is 0.0519 e. The molecule has 0 bridgehead atoms. The van der Waals surface area contributed by atoms with E-state index in [1.165, 1.54) is 6.42 Å². The Balaban J connectivity index is 3.84. The van der Waals surface area contributed by atoms with E-state index in [1.54, 1.807) is 0 Å². The highest BCUT2D eigenvalue weighted by Gasteiger charge is 2.13. The van der Waals surface area contributed by atoms with Gasteiger partial charge in [0, 0.05) is 5.92 Å². The van der Waals surface area contributed by atoms with Gasteiger partial charge in [-0.2, -0.15) is 0 Å². The van der Waals surface area contributed by atoms with Crippen LogP contribution in [0.1, 0.15) is 48.0 Å². The Morgan fingerprint density at radius 3 is 1.40 bits per heavy atom. The highest BCUT2D eigenvalue weighted by molar-refractivity contribution is 4.61. The molecule has 15 heavy (non-hydrogen) atoms. The molecule has 92 valence electrons. The molecule has 0 unspecified atom stereocenters. The summed E-state index contributed by atoms with van der Waals surface area (Å²) < 4.78 is 11.3. The fraction of sp³-hybridized carbons (Fsp3) is 1.00. The molecule has 0 fully saturated rings. The Hall–Kier alpha value is -0.0800. The van der Waals surface area contributed by atoms with Crippen LogP contribution in [-0.2, 0) is 9.47 Å². The van der Waals surface area contributed by atoms with Gasteiger partial charge in [-0.15, -0.1) is 0 Å². The predicted molar refractivity (Wildman–Crippen MR) is 65.1 cm³/mol. The van der Waals surface area contributed by atoms with E-state index in [4.69, 9.17) is 9.47 Å². The molecular weight excluding hydrogens is 188 g/mol. The summed E-state index contributed by atoms with van der Waals surface area (Å²) in [5.74, 6) is 1.25. The van der Waals surface area contributed by atoms with Gasteiger partial charge in [0.15, 0.2) is 0 Å². The fourth-order valence-corrected chi connectivity index (χ4v) is 1.51. The second-order valence-corrected chi connectivity index (χ2v) is 5.26. The summed E-state index contributed by atoms with van der Waals surface area (Å²) in [6.07, 6.45) is 1.82. The van der Waals surface area contributed by atoms with Crippen molar-refractivity contribution < 1.29 is 9.47 Å². The van der Waals surface area contributed by atoms with Crippen LogP contribution >= 0.6 is 0 Å². The topological polar surface area (TPSA) is 18.5 Å². The molecule has 0 aromatic rings. The molecule has 0 spiro atoms. The van der Waals surface area contributed by atoms with Crippen LogP contribution in [0.15, 0.2) is 0 Å². The molecule has 2 heteroatoms. The lowest BCUT2D eigenvalue weighted by molar-refractivity contribution is -0.00910. The van der Waals surface area contributed by atoms with E-state index in [1.807, 2.05) is 0 Å². The lowest BCUT2D eigenvalue weighted by atomic mass is 9.98. The molecule has 0 aliphatic heterocycles. The van der Waals surface area contributed by atoms with Crippen molar-refractivity contribution >= 4 is 0 Å². The average molecular weight is 216 g/mol. The van der Waals surface area contributed by atoms with Crippen molar-refractivity contribution in [2.45, 2.75) is 60.2 Å². The van der Waals surface area contributed by atoms with E-state index in [-0.39, 0.29) is 0 Å². The van der Waals surface area contributed by atoms with E-state index in [9.17, 15) is 0 Å². The molecule has 0 radical (unpaired) electrons. The van der Waals surface area contributed by atoms with Crippen LogP contribution in [0.3, 0.4) is 0 Å². The summed E-state index contributed by atoms with van der Waals surface area (Å²) >= 11 is 0. The molecule has 0 saturated carbocycles. The second-order valence-electron chi connectivity index (χ2n) is 5.26. The van der Waals surface area contributed by atoms with Crippen LogP contribution in [0.25, 0.3) is 0 Å². The van der Waals surface area contributed by atoms with Gasteiger partial charge < -0.3 is 9.47 Å². The summed E-state index contributed by atoms with van der Waals surface area (Å²) in [6.45, 7) is 14.5. The van der Waals surface area contributed by atoms with Crippen molar-refractivity contribution in [2.75, 3.05) is 13.2 Å². The van der Waals surface area contributed by atoms with Crippen LogP contribution in [-0.4, -0.2) is 25.4 Å². The standard InChI is InChI=1S/C13H28O2/c1-10(2)7-13(8-14-11(3)4)9-15-12(5)6/h10-13H,7-9H2,1-6H3. The zero-order chi connectivity index (χ0) is 11.8. The molecule has 0 aromatic carbocycles. The normalized spacial score (nSPS) is 12.4. The first-order valence-electron chi connectivity index (χ1n) is 6.15. The molecule has 0 saturated heterocycles. The van der Waals surface area contributed by atoms with Gasteiger partial charge in [-0.25, -0.2) is 0 Å². The minimum atomic E-state index is 0.318. The van der Waals surface area contributed by atoms with E-state index in [2.05, 4.69) is 41.5 Å². The molecule has 0 aromatic heterocycles. The number of ether oxygens (including phenoxy) is 2. The number of hydrogen-bond donors (Lipinski definition) is 0. The molecule has 0 amide bonds. The third-order valence-electron chi connectivity index (χ3n) is 2.14. The van der Waals surface area contributed by atoms with Gasteiger partial charge in [0.25, 0.3) is 0 Å². The molecule has 2 nitrogen and oxygen atoms in total. The summed E-state index contributed by atoms with van der Waals surface area (Å²) in [5.41, 5.74) is 0. The van der Waals surface area contributed by atoms with Gasteiger partial charge in [-0.05, 0) is 40.0 Å². The van der Waals surface area contributed by atoms with Gasteiger partial charge >= 0.3 is 0 Å². The summed E-state index contributed by atoms with van der Waals surface area (Å²) in [6, 6.07) is 0. The first kappa shape index (κ1) is 14.9. The Morgan fingerprint density at radius 1 is 0.733 bits per heavy atom. The van der Waals surface area contributed by atoms with Gasteiger partial charge in [-0.3, -0.25) is 0 Å². The van der Waals surface area contributed by atoms with Crippen LogP contribution in [0.5, 0.6) is 0 Å². The molecule has 0 aliphatic rings. The smallest absolute Gasteiger partial charge is 0.0519 e. The van der Waals surface area contributed by atoms with E-state index >= 15 is 0 Å². The zero-order valence-corrected chi connectivity index (χ0v) is 11.2. The zero-order valence-electron chi connectivity index (χ0n) is 11.2. The van der Waals surface area contributed by atoms with Crippen molar-refractivity contribution in [1.29, 1.82) is 0 Å². The third-order valence-corrected chi connectivity index (χ3v) is 2.14. The minimum Gasteiger partial charge on any atom is -0.378 e. The van der Waals surface area contributed by atoms with Gasteiger partial charge in [-0.1, -0.05) is 13.8 Å². The first-order valence-corrected chi connectivity index (χ1v) is 6.15. The lowest BCUT2D eigenvalue weighted by Crippen LogP contribution is -2.22. The molecule has 0 aliphatic carbocycles. The Morgan fingerprint density at radius 2 is 1.13 bits per heavy atom.